The summed E-state index contributed by atoms with van der Waals surface area (Å²) in [6.45, 7) is 1.94. The van der Waals surface area contributed by atoms with E-state index in [1.807, 2.05) is 0 Å². The summed E-state index contributed by atoms with van der Waals surface area (Å²) in [6, 6.07) is 7.93. The number of hydrogen-bond acceptors (Lipinski definition) is 7. The average molecular weight is 726 g/mol. The van der Waals surface area contributed by atoms with Gasteiger partial charge in [-0.15, -0.1) is 0 Å². The summed E-state index contributed by atoms with van der Waals surface area (Å²) in [7, 11) is 1.65. The number of alkyl halides is 5. The van der Waals surface area contributed by atoms with Crippen LogP contribution in [0.5, 0.6) is 0 Å². The maximum Gasteiger partial charge on any atom is 0.435 e. The van der Waals surface area contributed by atoms with Crippen LogP contribution in [0.3, 0.4) is 0 Å². The van der Waals surface area contributed by atoms with Crippen molar-refractivity contribution in [2.45, 2.75) is 69.2 Å². The van der Waals surface area contributed by atoms with Gasteiger partial charge in [0.15, 0.2) is 17.3 Å². The molecule has 1 fully saturated rings. The van der Waals surface area contributed by atoms with Crippen molar-refractivity contribution in [3.63, 3.8) is 0 Å². The second-order valence-corrected chi connectivity index (χ2v) is 13.8. The number of aliphatic hydroxyl groups is 1. The Kier molecular flexibility index (Phi) is 8.20. The summed E-state index contributed by atoms with van der Waals surface area (Å²) in [5, 5.41) is 18.6. The number of carbonyl (C=O) groups is 1. The number of aromatic nitrogens is 6. The minimum Gasteiger partial charge on any atom is -0.382 e. The average Bonchev–Trinajstić information content (AvgIpc) is 3.59. The van der Waals surface area contributed by atoms with Crippen molar-refractivity contribution in [1.29, 1.82) is 0 Å². The Morgan fingerprint density at radius 1 is 1.12 bits per heavy atom. The number of rotatable bonds is 8. The predicted octanol–water partition coefficient (Wildman–Crippen LogP) is 6.42. The van der Waals surface area contributed by atoms with Crippen LogP contribution >= 0.6 is 0 Å². The maximum absolute atomic E-state index is 15.3. The summed E-state index contributed by atoms with van der Waals surface area (Å²) in [6.07, 6.45) is -4.47. The number of ketones is 1. The molecule has 0 bridgehead atoms. The first kappa shape index (κ1) is 35.1. The van der Waals surface area contributed by atoms with Gasteiger partial charge in [0, 0.05) is 59.6 Å². The molecule has 2 aliphatic carbocycles. The fourth-order valence-corrected chi connectivity index (χ4v) is 7.14. The SMILES string of the molecule is Cn1nc(N)c2cccc(-c3cnc(C#CC(C)(C)O)nc3[C@@H](CC(=O)Cn3nc(C(F)(F)F)c4c3C(F)(F)[C@@H]3C[C@H]43)Cc3cc(F)cc(F)c3)c21. The molecule has 2 aliphatic rings. The van der Waals surface area contributed by atoms with Gasteiger partial charge in [0.05, 0.1) is 11.2 Å². The third-order valence-corrected chi connectivity index (χ3v) is 9.27. The van der Waals surface area contributed by atoms with Gasteiger partial charge in [0.2, 0.25) is 5.82 Å². The van der Waals surface area contributed by atoms with Gasteiger partial charge in [-0.1, -0.05) is 18.1 Å². The van der Waals surface area contributed by atoms with Crippen LogP contribution in [-0.2, 0) is 36.9 Å². The molecular formula is C36H30F7N7O2. The largest absolute Gasteiger partial charge is 0.435 e. The quantitative estimate of drug-likeness (QED) is 0.140. The lowest BCUT2D eigenvalue weighted by Gasteiger charge is -2.21. The highest BCUT2D eigenvalue weighted by molar-refractivity contribution is 6.00. The molecule has 5 aromatic rings. The van der Waals surface area contributed by atoms with E-state index in [1.54, 1.807) is 25.2 Å². The van der Waals surface area contributed by atoms with Crippen molar-refractivity contribution in [2.75, 3.05) is 5.73 Å². The number of nitrogens with zero attached hydrogens (tertiary/aromatic N) is 6. The van der Waals surface area contributed by atoms with Gasteiger partial charge in [-0.3, -0.25) is 14.2 Å². The second kappa shape index (κ2) is 12.1. The fourth-order valence-electron chi connectivity index (χ4n) is 7.14. The van der Waals surface area contributed by atoms with Crippen LogP contribution in [0.4, 0.5) is 36.6 Å². The summed E-state index contributed by atoms with van der Waals surface area (Å²) in [4.78, 5) is 22.9. The molecular weight excluding hydrogens is 695 g/mol. The van der Waals surface area contributed by atoms with Crippen molar-refractivity contribution < 1.29 is 40.6 Å². The number of carbonyl (C=O) groups excluding carboxylic acids is 1. The Bertz CT molecular complexity index is 2310. The molecule has 0 radical (unpaired) electrons. The maximum atomic E-state index is 15.3. The molecule has 1 saturated carbocycles. The molecule has 3 heterocycles. The number of aryl methyl sites for hydroxylation is 1. The first-order valence-electron chi connectivity index (χ1n) is 16.2. The van der Waals surface area contributed by atoms with Crippen molar-refractivity contribution in [3.8, 4) is 23.0 Å². The lowest BCUT2D eigenvalue weighted by Crippen LogP contribution is -2.24. The van der Waals surface area contributed by atoms with E-state index in [0.29, 0.717) is 32.8 Å². The summed E-state index contributed by atoms with van der Waals surface area (Å²) >= 11 is 0. The van der Waals surface area contributed by atoms with E-state index < -0.39 is 82.8 Å². The van der Waals surface area contributed by atoms with E-state index in [-0.39, 0.29) is 35.7 Å². The van der Waals surface area contributed by atoms with E-state index in [9.17, 15) is 31.9 Å². The van der Waals surface area contributed by atoms with Gasteiger partial charge in [0.1, 0.15) is 29.5 Å². The molecule has 0 saturated heterocycles. The van der Waals surface area contributed by atoms with Crippen LogP contribution < -0.4 is 5.73 Å². The summed E-state index contributed by atoms with van der Waals surface area (Å²) < 4.78 is 103. The monoisotopic (exact) mass is 725 g/mol. The number of Topliss-reactive ketones (excluding diaryl/α,β-unsaturated/α-hetero) is 1. The highest BCUT2D eigenvalue weighted by atomic mass is 19.4. The van der Waals surface area contributed by atoms with Crippen molar-refractivity contribution in [1.82, 2.24) is 29.5 Å². The standard InChI is InChI=1S/C36H30F7N7O2/c1-34(2,52)8-7-27-45-15-25(22-5-4-6-23-30(22)49(3)48-33(23)44)29(46-27)18(9-17-10-19(37)13-20(38)11-17)12-21(51)16-50-32-28(31(47-50)36(41,42)43)24-14-26(24)35(32,39)40/h4-6,10-11,13,15,18,24,26,52H,9,12,14,16H2,1-3H3,(H2,44,48)/t18-,24+,26-/m1/s1. The number of benzene rings is 2. The van der Waals surface area contributed by atoms with Crippen LogP contribution in [0.1, 0.15) is 72.6 Å². The lowest BCUT2D eigenvalue weighted by atomic mass is 9.87. The smallest absolute Gasteiger partial charge is 0.382 e. The molecule has 0 spiro atoms. The van der Waals surface area contributed by atoms with Crippen LogP contribution in [-0.4, -0.2) is 46.0 Å². The normalized spacial score (nSPS) is 18.1. The molecule has 16 heteroatoms. The molecule has 3 aromatic heterocycles. The minimum atomic E-state index is -5.03. The Balaban J connectivity index is 1.36. The molecule has 2 aromatic carbocycles. The fraction of sp³-hybridized carbons (Fsp3) is 0.361. The molecule has 52 heavy (non-hydrogen) atoms. The Morgan fingerprint density at radius 3 is 2.50 bits per heavy atom. The molecule has 7 rings (SSSR count). The number of fused-ring (bicyclic) bond motifs is 4. The first-order chi connectivity index (χ1) is 24.3. The molecule has 0 aliphatic heterocycles. The van der Waals surface area contributed by atoms with Gasteiger partial charge in [-0.05, 0) is 62.3 Å². The van der Waals surface area contributed by atoms with E-state index in [4.69, 9.17) is 5.73 Å². The number of para-hydroxylation sites is 1. The first-order valence-corrected chi connectivity index (χ1v) is 16.2. The zero-order valence-electron chi connectivity index (χ0n) is 27.9. The van der Waals surface area contributed by atoms with Crippen LogP contribution in [0.25, 0.3) is 22.0 Å². The van der Waals surface area contributed by atoms with Crippen molar-refractivity contribution in [2.24, 2.45) is 13.0 Å². The van der Waals surface area contributed by atoms with Crippen molar-refractivity contribution >= 4 is 22.5 Å². The Labute approximate surface area is 291 Å². The Morgan fingerprint density at radius 2 is 1.83 bits per heavy atom. The van der Waals surface area contributed by atoms with E-state index in [1.165, 1.54) is 24.7 Å². The number of halogens is 7. The number of nitrogen functional groups attached to an aromatic ring is 1. The number of hydrogen-bond donors (Lipinski definition) is 2. The zero-order valence-corrected chi connectivity index (χ0v) is 27.9. The van der Waals surface area contributed by atoms with Gasteiger partial charge < -0.3 is 10.8 Å². The van der Waals surface area contributed by atoms with Gasteiger partial charge in [-0.25, -0.2) is 18.7 Å². The van der Waals surface area contributed by atoms with Gasteiger partial charge in [-0.2, -0.15) is 32.1 Å². The minimum absolute atomic E-state index is 0.0842. The summed E-state index contributed by atoms with van der Waals surface area (Å²) in [5.74, 6) is -4.16. The van der Waals surface area contributed by atoms with E-state index in [0.717, 1.165) is 12.1 Å². The Hall–Kier alpha value is -5.30. The summed E-state index contributed by atoms with van der Waals surface area (Å²) in [5.41, 5.74) is 3.39. The van der Waals surface area contributed by atoms with E-state index >= 15 is 8.78 Å². The van der Waals surface area contributed by atoms with Crippen LogP contribution in [0.15, 0.2) is 42.6 Å². The molecule has 3 N–H and O–H groups in total. The number of anilines is 1. The third kappa shape index (κ3) is 6.38. The van der Waals surface area contributed by atoms with E-state index in [2.05, 4.69) is 32.0 Å². The van der Waals surface area contributed by atoms with Gasteiger partial charge >= 0.3 is 6.18 Å². The topological polar surface area (TPSA) is 125 Å². The second-order valence-electron chi connectivity index (χ2n) is 13.8. The van der Waals surface area contributed by atoms with Gasteiger partial charge in [0.25, 0.3) is 5.92 Å². The number of nitrogens with two attached hydrogens (primary N) is 1. The highest BCUT2D eigenvalue weighted by Crippen LogP contribution is 2.68. The third-order valence-electron chi connectivity index (χ3n) is 9.27. The predicted molar refractivity (Wildman–Crippen MR) is 174 cm³/mol. The van der Waals surface area contributed by atoms with Crippen LogP contribution in [0, 0.1) is 29.4 Å². The highest BCUT2D eigenvalue weighted by Gasteiger charge is 2.68. The molecule has 0 unspecified atom stereocenters. The molecule has 9 nitrogen and oxygen atoms in total. The molecule has 0 amide bonds. The lowest BCUT2D eigenvalue weighted by molar-refractivity contribution is -0.142. The zero-order chi connectivity index (χ0) is 37.5. The molecule has 3 atom stereocenters. The molecule has 270 valence electrons. The van der Waals surface area contributed by atoms with Crippen LogP contribution in [0.2, 0.25) is 0 Å². The van der Waals surface area contributed by atoms with Crippen molar-refractivity contribution in [3.05, 3.63) is 88.3 Å².